The van der Waals surface area contributed by atoms with E-state index in [1.165, 1.54) is 18.2 Å². The van der Waals surface area contributed by atoms with E-state index >= 15 is 0 Å². The quantitative estimate of drug-likeness (QED) is 0.304. The maximum Gasteiger partial charge on any atom is 0.273 e. The van der Waals surface area contributed by atoms with E-state index in [1.54, 1.807) is 30.3 Å². The van der Waals surface area contributed by atoms with Crippen molar-refractivity contribution in [2.45, 2.75) is 18.4 Å². The SMILES string of the molecule is O=C(c1ccc(Cl)cc1)N(Cc1ccccc1F)N1C(=O)[C@@H]2C3c4ccccc4C(c4ccccc43)[C@@H]2C1=O. The Morgan fingerprint density at radius 3 is 1.67 bits per heavy atom. The summed E-state index contributed by atoms with van der Waals surface area (Å²) in [5.41, 5.74) is 4.58. The lowest BCUT2D eigenvalue weighted by Gasteiger charge is -2.45. The van der Waals surface area contributed by atoms with Gasteiger partial charge in [-0.3, -0.25) is 14.4 Å². The number of nitrogens with zero attached hydrogens (tertiary/aromatic N) is 2. The minimum absolute atomic E-state index is 0.199. The monoisotopic (exact) mass is 536 g/mol. The lowest BCUT2D eigenvalue weighted by molar-refractivity contribution is -0.155. The largest absolute Gasteiger partial charge is 0.273 e. The van der Waals surface area contributed by atoms with Gasteiger partial charge in [0.05, 0.1) is 18.4 Å². The molecule has 0 spiro atoms. The standard InChI is InChI=1S/C32H22ClFN2O3/c33-20-15-13-18(14-16-20)30(37)35(17-19-7-1-6-12-25(19)34)36-31(38)28-26-21-8-2-3-9-22(21)27(29(28)32(36)39)24-11-5-4-10-23(24)26/h1-16,26-29H,17H2/t26?,27?,28-,29+. The fourth-order valence-corrected chi connectivity index (χ4v) is 6.79. The summed E-state index contributed by atoms with van der Waals surface area (Å²) in [7, 11) is 0. The first-order valence-electron chi connectivity index (χ1n) is 12.8. The Morgan fingerprint density at radius 2 is 1.18 bits per heavy atom. The molecule has 2 atom stereocenters. The van der Waals surface area contributed by atoms with Gasteiger partial charge < -0.3 is 0 Å². The third kappa shape index (κ3) is 3.48. The van der Waals surface area contributed by atoms with Crippen LogP contribution in [0.5, 0.6) is 0 Å². The minimum Gasteiger partial charge on any atom is -0.272 e. The molecule has 39 heavy (non-hydrogen) atoms. The molecule has 3 aliphatic carbocycles. The van der Waals surface area contributed by atoms with Gasteiger partial charge in [0.1, 0.15) is 5.82 Å². The van der Waals surface area contributed by atoms with Crippen molar-refractivity contribution in [3.63, 3.8) is 0 Å². The van der Waals surface area contributed by atoms with E-state index in [4.69, 9.17) is 11.6 Å². The maximum atomic E-state index is 14.8. The first-order chi connectivity index (χ1) is 19.0. The second-order valence-corrected chi connectivity index (χ2v) is 10.7. The van der Waals surface area contributed by atoms with E-state index in [0.29, 0.717) is 5.02 Å². The summed E-state index contributed by atoms with van der Waals surface area (Å²) in [4.78, 5) is 42.4. The average molecular weight is 537 g/mol. The van der Waals surface area contributed by atoms with Crippen molar-refractivity contribution in [1.29, 1.82) is 0 Å². The molecule has 1 aliphatic heterocycles. The topological polar surface area (TPSA) is 57.7 Å². The molecule has 0 N–H and O–H groups in total. The van der Waals surface area contributed by atoms with Gasteiger partial charge in [-0.25, -0.2) is 9.40 Å². The molecule has 0 radical (unpaired) electrons. The normalized spacial score (nSPS) is 22.4. The molecule has 2 bridgehead atoms. The first-order valence-corrected chi connectivity index (χ1v) is 13.2. The van der Waals surface area contributed by atoms with Crippen LogP contribution in [0.3, 0.4) is 0 Å². The number of carbonyl (C=O) groups is 3. The molecule has 5 nitrogen and oxygen atoms in total. The summed E-state index contributed by atoms with van der Waals surface area (Å²) in [5, 5.41) is 2.52. The van der Waals surface area contributed by atoms with Crippen LogP contribution in [0, 0.1) is 17.7 Å². The van der Waals surface area contributed by atoms with Crippen LogP contribution < -0.4 is 0 Å². The van der Waals surface area contributed by atoms with Crippen molar-refractivity contribution in [3.8, 4) is 0 Å². The van der Waals surface area contributed by atoms with Crippen LogP contribution in [-0.4, -0.2) is 27.7 Å². The predicted molar refractivity (Wildman–Crippen MR) is 143 cm³/mol. The molecule has 0 unspecified atom stereocenters. The Kier molecular flexibility index (Phi) is 5.42. The third-order valence-electron chi connectivity index (χ3n) is 8.27. The van der Waals surface area contributed by atoms with Crippen LogP contribution in [0.4, 0.5) is 4.39 Å². The molecular weight excluding hydrogens is 515 g/mol. The minimum atomic E-state index is -0.659. The van der Waals surface area contributed by atoms with Crippen molar-refractivity contribution in [1.82, 2.24) is 10.0 Å². The molecule has 4 aromatic carbocycles. The van der Waals surface area contributed by atoms with Gasteiger partial charge in [-0.2, -0.15) is 5.01 Å². The van der Waals surface area contributed by atoms with Gasteiger partial charge in [0.25, 0.3) is 17.7 Å². The number of carbonyl (C=O) groups excluding carboxylic acids is 3. The van der Waals surface area contributed by atoms with Gasteiger partial charge in [-0.1, -0.05) is 78.3 Å². The number of hydrogen-bond acceptors (Lipinski definition) is 3. The first kappa shape index (κ1) is 23.8. The Hall–Kier alpha value is -4.29. The smallest absolute Gasteiger partial charge is 0.272 e. The molecule has 4 aliphatic rings. The molecule has 3 amide bonds. The lowest BCUT2D eigenvalue weighted by Crippen LogP contribution is -2.50. The number of halogens is 2. The fraction of sp³-hybridized carbons (Fsp3) is 0.156. The highest BCUT2D eigenvalue weighted by Gasteiger charge is 2.63. The summed E-state index contributed by atoms with van der Waals surface area (Å²) in [6.45, 7) is -0.277. The van der Waals surface area contributed by atoms with Crippen LogP contribution in [0.25, 0.3) is 0 Å². The number of rotatable bonds is 4. The summed E-state index contributed by atoms with van der Waals surface area (Å²) < 4.78 is 14.8. The zero-order valence-corrected chi connectivity index (χ0v) is 21.4. The van der Waals surface area contributed by atoms with Crippen molar-refractivity contribution < 1.29 is 18.8 Å². The molecule has 4 aromatic rings. The van der Waals surface area contributed by atoms with Gasteiger partial charge in [0, 0.05) is 28.0 Å². The van der Waals surface area contributed by atoms with Crippen LogP contribution in [-0.2, 0) is 16.1 Å². The molecule has 8 rings (SSSR count). The molecule has 192 valence electrons. The molecule has 1 saturated heterocycles. The van der Waals surface area contributed by atoms with Gasteiger partial charge >= 0.3 is 0 Å². The molecule has 7 heteroatoms. The van der Waals surface area contributed by atoms with E-state index in [2.05, 4.69) is 0 Å². The average Bonchev–Trinajstić information content (AvgIpc) is 3.22. The highest BCUT2D eigenvalue weighted by molar-refractivity contribution is 6.30. The third-order valence-corrected chi connectivity index (χ3v) is 8.52. The number of hydrazine groups is 1. The zero-order valence-electron chi connectivity index (χ0n) is 20.6. The van der Waals surface area contributed by atoms with Crippen LogP contribution in [0.1, 0.15) is 50.0 Å². The van der Waals surface area contributed by atoms with Crippen molar-refractivity contribution in [2.75, 3.05) is 0 Å². The Balaban J connectivity index is 1.36. The number of hydrogen-bond donors (Lipinski definition) is 0. The molecular formula is C32H22ClFN2O3. The molecule has 0 saturated carbocycles. The van der Waals surface area contributed by atoms with E-state index in [0.717, 1.165) is 32.3 Å². The van der Waals surface area contributed by atoms with E-state index in [1.807, 2.05) is 48.5 Å². The Bertz CT molecular complexity index is 1550. The summed E-state index contributed by atoms with van der Waals surface area (Å²) in [6, 6.07) is 28.1. The molecule has 1 heterocycles. The van der Waals surface area contributed by atoms with Crippen LogP contribution >= 0.6 is 11.6 Å². The molecule has 1 fully saturated rings. The van der Waals surface area contributed by atoms with Gasteiger partial charge in [-0.15, -0.1) is 0 Å². The van der Waals surface area contributed by atoms with Gasteiger partial charge in [-0.05, 0) is 52.6 Å². The van der Waals surface area contributed by atoms with E-state index in [-0.39, 0.29) is 29.5 Å². The van der Waals surface area contributed by atoms with Gasteiger partial charge in [0.15, 0.2) is 0 Å². The fourth-order valence-electron chi connectivity index (χ4n) is 6.66. The zero-order chi connectivity index (χ0) is 26.8. The maximum absolute atomic E-state index is 14.8. The van der Waals surface area contributed by atoms with Gasteiger partial charge in [0.2, 0.25) is 0 Å². The summed E-state index contributed by atoms with van der Waals surface area (Å²) in [5.74, 6) is -3.93. The van der Waals surface area contributed by atoms with Crippen LogP contribution in [0.2, 0.25) is 5.02 Å². The Morgan fingerprint density at radius 1 is 0.718 bits per heavy atom. The van der Waals surface area contributed by atoms with E-state index < -0.39 is 35.4 Å². The van der Waals surface area contributed by atoms with Crippen molar-refractivity contribution in [3.05, 3.63) is 141 Å². The summed E-state index contributed by atoms with van der Waals surface area (Å²) in [6.07, 6.45) is 0. The Labute approximate surface area is 229 Å². The summed E-state index contributed by atoms with van der Waals surface area (Å²) >= 11 is 6.04. The highest BCUT2D eigenvalue weighted by Crippen LogP contribution is 2.61. The molecule has 0 aromatic heterocycles. The predicted octanol–water partition coefficient (Wildman–Crippen LogP) is 5.93. The number of amides is 3. The second kappa shape index (κ2) is 8.89. The lowest BCUT2D eigenvalue weighted by atomic mass is 9.55. The van der Waals surface area contributed by atoms with E-state index in [9.17, 15) is 18.8 Å². The highest BCUT2D eigenvalue weighted by atomic mass is 35.5. The number of benzene rings is 4. The second-order valence-electron chi connectivity index (χ2n) is 10.2. The van der Waals surface area contributed by atoms with Crippen molar-refractivity contribution in [2.24, 2.45) is 11.8 Å². The number of imide groups is 1. The van der Waals surface area contributed by atoms with Crippen molar-refractivity contribution >= 4 is 29.3 Å². The van der Waals surface area contributed by atoms with Crippen LogP contribution in [0.15, 0.2) is 97.1 Å².